The van der Waals surface area contributed by atoms with Crippen LogP contribution in [0.2, 0.25) is 5.02 Å². The number of aromatic carboxylic acids is 1. The molecule has 102 valence electrons. The van der Waals surface area contributed by atoms with Crippen molar-refractivity contribution in [3.05, 3.63) is 28.3 Å². The normalized spacial score (nSPS) is 18.9. The van der Waals surface area contributed by atoms with Crippen LogP contribution in [0.15, 0.2) is 22.2 Å². The summed E-state index contributed by atoms with van der Waals surface area (Å²) in [5, 5.41) is 12.6. The highest BCUT2D eigenvalue weighted by atomic mass is 35.5. The molecule has 0 spiro atoms. The SMILES string of the molecule is CON=C1CCS(=O)(=O)c2ccc(C(=O)O)c(Cl)c21. The van der Waals surface area contributed by atoms with E-state index in [0.29, 0.717) is 5.71 Å². The first-order valence-electron chi connectivity index (χ1n) is 5.27. The van der Waals surface area contributed by atoms with E-state index in [-0.39, 0.29) is 33.2 Å². The summed E-state index contributed by atoms with van der Waals surface area (Å²) in [5.74, 6) is -1.34. The lowest BCUT2D eigenvalue weighted by molar-refractivity contribution is 0.0697. The monoisotopic (exact) mass is 303 g/mol. The van der Waals surface area contributed by atoms with Crippen LogP contribution in [0.3, 0.4) is 0 Å². The Labute approximate surface area is 114 Å². The van der Waals surface area contributed by atoms with Gasteiger partial charge in [-0.3, -0.25) is 0 Å². The molecule has 1 N–H and O–H groups in total. The Morgan fingerprint density at radius 1 is 1.47 bits per heavy atom. The van der Waals surface area contributed by atoms with Crippen molar-refractivity contribution in [3.8, 4) is 0 Å². The maximum Gasteiger partial charge on any atom is 0.337 e. The second-order valence-electron chi connectivity index (χ2n) is 3.89. The van der Waals surface area contributed by atoms with Crippen LogP contribution in [-0.2, 0) is 14.7 Å². The van der Waals surface area contributed by atoms with Gasteiger partial charge in [0.2, 0.25) is 0 Å². The number of carboxylic acids is 1. The number of nitrogens with zero attached hydrogens (tertiary/aromatic N) is 1. The van der Waals surface area contributed by atoms with E-state index in [1.54, 1.807) is 0 Å². The third-order valence-electron chi connectivity index (χ3n) is 2.77. The van der Waals surface area contributed by atoms with Crippen molar-refractivity contribution in [1.82, 2.24) is 0 Å². The molecule has 8 heteroatoms. The topological polar surface area (TPSA) is 93.0 Å². The summed E-state index contributed by atoms with van der Waals surface area (Å²) in [5.41, 5.74) is 0.288. The number of sulfone groups is 1. The van der Waals surface area contributed by atoms with Gasteiger partial charge < -0.3 is 9.94 Å². The minimum Gasteiger partial charge on any atom is -0.478 e. The molecule has 0 saturated carbocycles. The number of carboxylic acid groups (broad SMARTS) is 1. The van der Waals surface area contributed by atoms with E-state index < -0.39 is 15.8 Å². The molecule has 0 aliphatic carbocycles. The lowest BCUT2D eigenvalue weighted by Crippen LogP contribution is -2.23. The van der Waals surface area contributed by atoms with Gasteiger partial charge in [0.15, 0.2) is 9.84 Å². The number of fused-ring (bicyclic) bond motifs is 1. The van der Waals surface area contributed by atoms with Crippen LogP contribution in [0.5, 0.6) is 0 Å². The average Bonchev–Trinajstić information content (AvgIpc) is 2.33. The number of rotatable bonds is 2. The highest BCUT2D eigenvalue weighted by Gasteiger charge is 2.32. The van der Waals surface area contributed by atoms with E-state index in [2.05, 4.69) is 9.99 Å². The summed E-state index contributed by atoms with van der Waals surface area (Å²) in [4.78, 5) is 15.7. The van der Waals surface area contributed by atoms with Crippen molar-refractivity contribution in [2.24, 2.45) is 5.16 Å². The molecule has 0 fully saturated rings. The van der Waals surface area contributed by atoms with Crippen LogP contribution >= 0.6 is 11.6 Å². The fraction of sp³-hybridized carbons (Fsp3) is 0.273. The molecule has 1 aliphatic heterocycles. The van der Waals surface area contributed by atoms with E-state index in [1.807, 2.05) is 0 Å². The van der Waals surface area contributed by atoms with Gasteiger partial charge in [-0.25, -0.2) is 13.2 Å². The summed E-state index contributed by atoms with van der Waals surface area (Å²) < 4.78 is 23.9. The maximum absolute atomic E-state index is 12.0. The highest BCUT2D eigenvalue weighted by Crippen LogP contribution is 2.33. The Kier molecular flexibility index (Phi) is 3.51. The van der Waals surface area contributed by atoms with Gasteiger partial charge >= 0.3 is 5.97 Å². The molecule has 0 unspecified atom stereocenters. The van der Waals surface area contributed by atoms with E-state index in [0.717, 1.165) is 0 Å². The third-order valence-corrected chi connectivity index (χ3v) is 4.91. The molecule has 1 heterocycles. The summed E-state index contributed by atoms with van der Waals surface area (Å²) in [7, 11) is -2.15. The number of oxime groups is 1. The quantitative estimate of drug-likeness (QED) is 0.837. The second-order valence-corrected chi connectivity index (χ2v) is 6.35. The number of halogens is 1. The zero-order valence-corrected chi connectivity index (χ0v) is 11.5. The van der Waals surface area contributed by atoms with Gasteiger partial charge in [-0.2, -0.15) is 0 Å². The van der Waals surface area contributed by atoms with E-state index in [4.69, 9.17) is 16.7 Å². The molecule has 0 bridgehead atoms. The first-order chi connectivity index (χ1) is 8.88. The predicted octanol–water partition coefficient (Wildman–Crippen LogP) is 1.57. The standard InChI is InChI=1S/C11H10ClNO5S/c1-18-13-7-4-5-19(16,17)8-3-2-6(11(14)15)10(12)9(7)8/h2-3H,4-5H2,1H3,(H,14,15). The first-order valence-corrected chi connectivity index (χ1v) is 7.30. The smallest absolute Gasteiger partial charge is 0.337 e. The van der Waals surface area contributed by atoms with Gasteiger partial charge in [0.25, 0.3) is 0 Å². The fourth-order valence-corrected chi connectivity index (χ4v) is 3.82. The van der Waals surface area contributed by atoms with Gasteiger partial charge in [-0.05, 0) is 12.1 Å². The molecule has 0 radical (unpaired) electrons. The van der Waals surface area contributed by atoms with Crippen LogP contribution < -0.4 is 0 Å². The van der Waals surface area contributed by atoms with Crippen molar-refractivity contribution in [3.63, 3.8) is 0 Å². The summed E-state index contributed by atoms with van der Waals surface area (Å²) in [6, 6.07) is 2.42. The van der Waals surface area contributed by atoms with E-state index in [1.165, 1.54) is 19.2 Å². The van der Waals surface area contributed by atoms with Gasteiger partial charge in [0.05, 0.1) is 26.9 Å². The lowest BCUT2D eigenvalue weighted by atomic mass is 10.0. The van der Waals surface area contributed by atoms with Crippen molar-refractivity contribution in [2.75, 3.05) is 12.9 Å². The number of benzene rings is 1. The molecular weight excluding hydrogens is 294 g/mol. The van der Waals surface area contributed by atoms with Crippen molar-refractivity contribution < 1.29 is 23.2 Å². The Balaban J connectivity index is 2.81. The molecule has 0 atom stereocenters. The molecule has 2 rings (SSSR count). The molecule has 0 amide bonds. The lowest BCUT2D eigenvalue weighted by Gasteiger charge is -2.19. The van der Waals surface area contributed by atoms with Gasteiger partial charge in [-0.15, -0.1) is 0 Å². The van der Waals surface area contributed by atoms with Crippen molar-refractivity contribution in [2.45, 2.75) is 11.3 Å². The molecule has 0 aromatic heterocycles. The summed E-state index contributed by atoms with van der Waals surface area (Å²) in [6.07, 6.45) is 0.131. The predicted molar refractivity (Wildman–Crippen MR) is 68.6 cm³/mol. The number of hydrogen-bond donors (Lipinski definition) is 1. The highest BCUT2D eigenvalue weighted by molar-refractivity contribution is 7.91. The number of carbonyl (C=O) groups is 1. The van der Waals surface area contributed by atoms with Gasteiger partial charge in [0.1, 0.15) is 7.11 Å². The van der Waals surface area contributed by atoms with Crippen LogP contribution in [-0.4, -0.2) is 38.1 Å². The van der Waals surface area contributed by atoms with E-state index >= 15 is 0 Å². The maximum atomic E-state index is 12.0. The van der Waals surface area contributed by atoms with Gasteiger partial charge in [-0.1, -0.05) is 16.8 Å². The first kappa shape index (κ1) is 13.8. The Morgan fingerprint density at radius 2 is 2.16 bits per heavy atom. The Bertz CT molecular complexity index is 681. The Hall–Kier alpha value is -1.60. The zero-order valence-electron chi connectivity index (χ0n) is 9.88. The largest absolute Gasteiger partial charge is 0.478 e. The third kappa shape index (κ3) is 2.31. The van der Waals surface area contributed by atoms with Gasteiger partial charge in [0, 0.05) is 12.0 Å². The van der Waals surface area contributed by atoms with Crippen LogP contribution in [0, 0.1) is 0 Å². The minimum absolute atomic E-state index is 0.00968. The minimum atomic E-state index is -3.47. The molecule has 0 saturated heterocycles. The van der Waals surface area contributed by atoms with E-state index in [9.17, 15) is 13.2 Å². The summed E-state index contributed by atoms with van der Waals surface area (Å²) in [6.45, 7) is 0. The van der Waals surface area contributed by atoms with Crippen LogP contribution in [0.1, 0.15) is 22.3 Å². The molecule has 1 aromatic carbocycles. The number of hydrogen-bond acceptors (Lipinski definition) is 5. The summed E-state index contributed by atoms with van der Waals surface area (Å²) >= 11 is 6.00. The zero-order chi connectivity index (χ0) is 14.2. The molecule has 1 aromatic rings. The van der Waals surface area contributed by atoms with Crippen LogP contribution in [0.25, 0.3) is 0 Å². The molecule has 6 nitrogen and oxygen atoms in total. The average molecular weight is 304 g/mol. The molecular formula is C11H10ClNO5S. The molecule has 1 aliphatic rings. The second kappa shape index (κ2) is 4.82. The van der Waals surface area contributed by atoms with Crippen molar-refractivity contribution >= 4 is 33.1 Å². The van der Waals surface area contributed by atoms with Crippen LogP contribution in [0.4, 0.5) is 0 Å². The fourth-order valence-electron chi connectivity index (χ4n) is 1.92. The molecule has 19 heavy (non-hydrogen) atoms. The Morgan fingerprint density at radius 3 is 2.74 bits per heavy atom. The van der Waals surface area contributed by atoms with Crippen molar-refractivity contribution in [1.29, 1.82) is 0 Å².